The highest BCUT2D eigenvalue weighted by molar-refractivity contribution is 6.39. The number of amides is 3. The molecule has 1 aromatic rings. The lowest BCUT2D eigenvalue weighted by Crippen LogP contribution is -2.37. The van der Waals surface area contributed by atoms with Crippen LogP contribution in [0.5, 0.6) is 0 Å². The lowest BCUT2D eigenvalue weighted by Gasteiger charge is -2.27. The van der Waals surface area contributed by atoms with Crippen molar-refractivity contribution in [3.63, 3.8) is 0 Å². The van der Waals surface area contributed by atoms with Crippen molar-refractivity contribution in [3.05, 3.63) is 29.8 Å². The van der Waals surface area contributed by atoms with Gasteiger partial charge in [-0.2, -0.15) is 0 Å². The molecule has 1 aromatic carbocycles. The number of likely N-dealkylation sites (tertiary alicyclic amines) is 1. The van der Waals surface area contributed by atoms with Crippen molar-refractivity contribution < 1.29 is 14.4 Å². The molecule has 2 N–H and O–H groups in total. The van der Waals surface area contributed by atoms with E-state index in [1.165, 1.54) is 7.05 Å². The molecule has 6 heteroatoms. The van der Waals surface area contributed by atoms with Crippen molar-refractivity contribution >= 4 is 23.4 Å². The van der Waals surface area contributed by atoms with E-state index in [4.69, 9.17) is 0 Å². The number of nitrogens with zero attached hydrogens (tertiary/aromatic N) is 1. The fraction of sp³-hybridized carbons (Fsp3) is 0.400. The number of rotatable bonds is 2. The molecule has 1 fully saturated rings. The van der Waals surface area contributed by atoms with Gasteiger partial charge >= 0.3 is 11.8 Å². The van der Waals surface area contributed by atoms with E-state index < -0.39 is 11.8 Å². The Morgan fingerprint density at radius 3 is 2.33 bits per heavy atom. The maximum absolute atomic E-state index is 12.5. The van der Waals surface area contributed by atoms with E-state index in [2.05, 4.69) is 10.6 Å². The van der Waals surface area contributed by atoms with Crippen LogP contribution in [-0.2, 0) is 9.59 Å². The number of benzene rings is 1. The van der Waals surface area contributed by atoms with Crippen molar-refractivity contribution in [1.82, 2.24) is 10.2 Å². The average molecular weight is 289 g/mol. The molecule has 0 atom stereocenters. The van der Waals surface area contributed by atoms with Gasteiger partial charge in [0.1, 0.15) is 0 Å². The van der Waals surface area contributed by atoms with Gasteiger partial charge in [-0.15, -0.1) is 0 Å². The zero-order valence-corrected chi connectivity index (χ0v) is 12.0. The van der Waals surface area contributed by atoms with Gasteiger partial charge in [0.15, 0.2) is 0 Å². The monoisotopic (exact) mass is 289 g/mol. The molecule has 3 amide bonds. The van der Waals surface area contributed by atoms with E-state index in [1.54, 1.807) is 29.2 Å². The number of carbonyl (C=O) groups excluding carboxylic acids is 3. The van der Waals surface area contributed by atoms with Crippen LogP contribution in [0.15, 0.2) is 24.3 Å². The van der Waals surface area contributed by atoms with Crippen LogP contribution in [-0.4, -0.2) is 42.8 Å². The number of hydrogen-bond donors (Lipinski definition) is 2. The highest BCUT2D eigenvalue weighted by atomic mass is 16.2. The molecule has 0 unspecified atom stereocenters. The van der Waals surface area contributed by atoms with E-state index in [-0.39, 0.29) is 5.91 Å². The number of nitrogens with one attached hydrogen (secondary N) is 2. The summed E-state index contributed by atoms with van der Waals surface area (Å²) < 4.78 is 0. The summed E-state index contributed by atoms with van der Waals surface area (Å²) in [6.07, 6.45) is 3.13. The average Bonchev–Trinajstić information content (AvgIpc) is 2.54. The van der Waals surface area contributed by atoms with E-state index in [0.717, 1.165) is 32.4 Å². The van der Waals surface area contributed by atoms with Crippen molar-refractivity contribution in [1.29, 1.82) is 0 Å². The lowest BCUT2D eigenvalue weighted by molar-refractivity contribution is -0.135. The van der Waals surface area contributed by atoms with Crippen LogP contribution < -0.4 is 10.6 Å². The van der Waals surface area contributed by atoms with Crippen LogP contribution in [0.1, 0.15) is 29.6 Å². The first-order chi connectivity index (χ1) is 10.1. The Morgan fingerprint density at radius 1 is 1.00 bits per heavy atom. The maximum Gasteiger partial charge on any atom is 0.313 e. The Morgan fingerprint density at radius 2 is 1.67 bits per heavy atom. The molecule has 0 spiro atoms. The van der Waals surface area contributed by atoms with Crippen molar-refractivity contribution in [2.24, 2.45) is 0 Å². The summed E-state index contributed by atoms with van der Waals surface area (Å²) in [5.41, 5.74) is 0.776. The molecular formula is C15H19N3O3. The van der Waals surface area contributed by atoms with Crippen molar-refractivity contribution in [2.75, 3.05) is 25.5 Å². The smallest absolute Gasteiger partial charge is 0.313 e. The molecule has 0 bridgehead atoms. The highest BCUT2D eigenvalue weighted by Crippen LogP contribution is 2.19. The molecular weight excluding hydrogens is 270 g/mol. The molecule has 112 valence electrons. The zero-order valence-electron chi connectivity index (χ0n) is 12.0. The first-order valence-corrected chi connectivity index (χ1v) is 7.05. The van der Waals surface area contributed by atoms with Gasteiger partial charge in [0.05, 0.1) is 11.3 Å². The first kappa shape index (κ1) is 15.0. The Bertz CT molecular complexity index is 551. The number of likely N-dealkylation sites (N-methyl/N-ethyl adjacent to an activating group) is 1. The summed E-state index contributed by atoms with van der Waals surface area (Å²) in [6.45, 7) is 1.47. The van der Waals surface area contributed by atoms with Crippen molar-refractivity contribution in [3.8, 4) is 0 Å². The Kier molecular flexibility index (Phi) is 4.92. The molecule has 6 nitrogen and oxygen atoms in total. The summed E-state index contributed by atoms with van der Waals surface area (Å²) in [4.78, 5) is 37.2. The minimum absolute atomic E-state index is 0.109. The fourth-order valence-corrected chi connectivity index (χ4v) is 2.34. The number of hydrogen-bond acceptors (Lipinski definition) is 3. The Labute approximate surface area is 123 Å². The first-order valence-electron chi connectivity index (χ1n) is 7.05. The summed E-state index contributed by atoms with van der Waals surface area (Å²) in [5, 5.41) is 4.73. The van der Waals surface area contributed by atoms with Gasteiger partial charge in [-0.05, 0) is 31.4 Å². The minimum Gasteiger partial charge on any atom is -0.351 e. The summed E-state index contributed by atoms with van der Waals surface area (Å²) in [7, 11) is 1.38. The van der Waals surface area contributed by atoms with Crippen LogP contribution in [0.25, 0.3) is 0 Å². The van der Waals surface area contributed by atoms with Gasteiger partial charge in [-0.25, -0.2) is 0 Å². The molecule has 0 saturated carbocycles. The van der Waals surface area contributed by atoms with Gasteiger partial charge in [0.2, 0.25) is 0 Å². The lowest BCUT2D eigenvalue weighted by atomic mass is 10.1. The standard InChI is InChI=1S/C15H19N3O3/c1-16-13(19)14(20)17-12-8-4-3-7-11(12)15(21)18-9-5-2-6-10-18/h3-4,7-8H,2,5-6,9-10H2,1H3,(H,16,19)(H,17,20). The largest absolute Gasteiger partial charge is 0.351 e. The fourth-order valence-electron chi connectivity index (χ4n) is 2.34. The topological polar surface area (TPSA) is 78.5 Å². The predicted octanol–water partition coefficient (Wildman–Crippen LogP) is 0.997. The van der Waals surface area contributed by atoms with Gasteiger partial charge < -0.3 is 15.5 Å². The molecule has 0 radical (unpaired) electrons. The summed E-state index contributed by atoms with van der Waals surface area (Å²) in [6, 6.07) is 6.74. The molecule has 0 aliphatic carbocycles. The molecule has 1 heterocycles. The van der Waals surface area contributed by atoms with Crippen LogP contribution in [0.3, 0.4) is 0 Å². The second-order valence-electron chi connectivity index (χ2n) is 4.93. The number of anilines is 1. The van der Waals surface area contributed by atoms with Crippen LogP contribution in [0, 0.1) is 0 Å². The normalized spacial score (nSPS) is 14.4. The van der Waals surface area contributed by atoms with Crippen LogP contribution in [0.2, 0.25) is 0 Å². The Hall–Kier alpha value is -2.37. The van der Waals surface area contributed by atoms with Gasteiger partial charge in [-0.1, -0.05) is 12.1 Å². The van der Waals surface area contributed by atoms with Crippen LogP contribution >= 0.6 is 0 Å². The highest BCUT2D eigenvalue weighted by Gasteiger charge is 2.22. The number of carbonyl (C=O) groups is 3. The van der Waals surface area contributed by atoms with Gasteiger partial charge in [0.25, 0.3) is 5.91 Å². The molecule has 1 aliphatic heterocycles. The SMILES string of the molecule is CNC(=O)C(=O)Nc1ccccc1C(=O)N1CCCCC1. The Balaban J connectivity index is 2.18. The van der Waals surface area contributed by atoms with Gasteiger partial charge in [-0.3, -0.25) is 14.4 Å². The van der Waals surface area contributed by atoms with E-state index in [9.17, 15) is 14.4 Å². The zero-order chi connectivity index (χ0) is 15.2. The van der Waals surface area contributed by atoms with Gasteiger partial charge in [0, 0.05) is 20.1 Å². The minimum atomic E-state index is -0.781. The van der Waals surface area contributed by atoms with E-state index in [1.807, 2.05) is 0 Å². The quantitative estimate of drug-likeness (QED) is 0.797. The van der Waals surface area contributed by atoms with E-state index >= 15 is 0 Å². The molecule has 21 heavy (non-hydrogen) atoms. The third-order valence-electron chi connectivity index (χ3n) is 3.48. The molecule has 1 saturated heterocycles. The predicted molar refractivity (Wildman–Crippen MR) is 78.9 cm³/mol. The maximum atomic E-state index is 12.5. The molecule has 0 aromatic heterocycles. The van der Waals surface area contributed by atoms with E-state index in [0.29, 0.717) is 11.3 Å². The summed E-state index contributed by atoms with van der Waals surface area (Å²) in [5.74, 6) is -1.63. The third kappa shape index (κ3) is 3.59. The third-order valence-corrected chi connectivity index (χ3v) is 3.48. The number of piperidine rings is 1. The molecule has 2 rings (SSSR count). The second kappa shape index (κ2) is 6.88. The second-order valence-corrected chi connectivity index (χ2v) is 4.93. The van der Waals surface area contributed by atoms with Crippen molar-refractivity contribution in [2.45, 2.75) is 19.3 Å². The number of para-hydroxylation sites is 1. The molecule has 1 aliphatic rings. The summed E-state index contributed by atoms with van der Waals surface area (Å²) >= 11 is 0. The van der Waals surface area contributed by atoms with Crippen LogP contribution in [0.4, 0.5) is 5.69 Å².